The highest BCUT2D eigenvalue weighted by Gasteiger charge is 2.15. The molecule has 0 amide bonds. The fourth-order valence-electron chi connectivity index (χ4n) is 1.82. The van der Waals surface area contributed by atoms with E-state index in [0.717, 1.165) is 17.4 Å². The minimum Gasteiger partial charge on any atom is -0.286 e. The Bertz CT molecular complexity index is 367. The predicted octanol–water partition coefficient (Wildman–Crippen LogP) is 3.86. The SMILES string of the molecule is C#CCN(CCC)C(C)c1ccccc1Br. The minimum absolute atomic E-state index is 0.353. The van der Waals surface area contributed by atoms with Crippen LogP contribution in [0.3, 0.4) is 0 Å². The molecule has 0 N–H and O–H groups in total. The van der Waals surface area contributed by atoms with Crippen LogP contribution in [0.25, 0.3) is 0 Å². The van der Waals surface area contributed by atoms with E-state index in [0.29, 0.717) is 12.6 Å². The standard InChI is InChI=1S/C14H18BrN/c1-4-10-16(11-5-2)12(3)13-8-6-7-9-14(13)15/h1,6-9,12H,5,10-11H2,2-3H3. The van der Waals surface area contributed by atoms with E-state index in [9.17, 15) is 0 Å². The predicted molar refractivity (Wildman–Crippen MR) is 73.3 cm³/mol. The van der Waals surface area contributed by atoms with E-state index in [1.807, 2.05) is 6.07 Å². The van der Waals surface area contributed by atoms with E-state index >= 15 is 0 Å². The molecule has 0 fully saturated rings. The van der Waals surface area contributed by atoms with Gasteiger partial charge in [0.1, 0.15) is 0 Å². The lowest BCUT2D eigenvalue weighted by Gasteiger charge is -2.27. The highest BCUT2D eigenvalue weighted by molar-refractivity contribution is 9.10. The zero-order valence-corrected chi connectivity index (χ0v) is 11.5. The van der Waals surface area contributed by atoms with Crippen LogP contribution in [0.1, 0.15) is 31.9 Å². The molecule has 16 heavy (non-hydrogen) atoms. The summed E-state index contributed by atoms with van der Waals surface area (Å²) in [6.07, 6.45) is 6.53. The van der Waals surface area contributed by atoms with Crippen LogP contribution in [-0.2, 0) is 0 Å². The van der Waals surface area contributed by atoms with E-state index in [1.54, 1.807) is 0 Å². The number of hydrogen-bond acceptors (Lipinski definition) is 1. The zero-order chi connectivity index (χ0) is 12.0. The summed E-state index contributed by atoms with van der Waals surface area (Å²) in [5, 5.41) is 0. The van der Waals surface area contributed by atoms with Crippen LogP contribution in [0.4, 0.5) is 0 Å². The van der Waals surface area contributed by atoms with Crippen LogP contribution in [0, 0.1) is 12.3 Å². The second-order valence-electron chi connectivity index (χ2n) is 3.87. The number of benzene rings is 1. The lowest BCUT2D eigenvalue weighted by molar-refractivity contribution is 0.238. The maximum absolute atomic E-state index is 5.41. The van der Waals surface area contributed by atoms with Crippen LogP contribution in [0.15, 0.2) is 28.7 Å². The Balaban J connectivity index is 2.86. The Kier molecular flexibility index (Phi) is 5.59. The Labute approximate surface area is 107 Å². The topological polar surface area (TPSA) is 3.24 Å². The number of halogens is 1. The largest absolute Gasteiger partial charge is 0.286 e. The molecular formula is C14H18BrN. The monoisotopic (exact) mass is 279 g/mol. The van der Waals surface area contributed by atoms with Crippen molar-refractivity contribution in [2.24, 2.45) is 0 Å². The van der Waals surface area contributed by atoms with Crippen LogP contribution < -0.4 is 0 Å². The summed E-state index contributed by atoms with van der Waals surface area (Å²) >= 11 is 3.59. The van der Waals surface area contributed by atoms with Crippen LogP contribution >= 0.6 is 15.9 Å². The molecule has 0 aliphatic rings. The highest BCUT2D eigenvalue weighted by Crippen LogP contribution is 2.27. The first-order valence-corrected chi connectivity index (χ1v) is 6.42. The van der Waals surface area contributed by atoms with Crippen molar-refractivity contribution in [3.05, 3.63) is 34.3 Å². The van der Waals surface area contributed by atoms with Gasteiger partial charge in [-0.05, 0) is 31.5 Å². The van der Waals surface area contributed by atoms with Gasteiger partial charge in [-0.1, -0.05) is 47.0 Å². The molecular weight excluding hydrogens is 262 g/mol. The molecule has 0 aliphatic heterocycles. The van der Waals surface area contributed by atoms with E-state index in [1.165, 1.54) is 5.56 Å². The van der Waals surface area contributed by atoms with Gasteiger partial charge in [0.15, 0.2) is 0 Å². The molecule has 0 saturated carbocycles. The van der Waals surface area contributed by atoms with Gasteiger partial charge in [-0.25, -0.2) is 0 Å². The maximum atomic E-state index is 5.41. The molecule has 0 aliphatic carbocycles. The molecule has 0 radical (unpaired) electrons. The number of rotatable bonds is 5. The van der Waals surface area contributed by atoms with E-state index < -0.39 is 0 Å². The summed E-state index contributed by atoms with van der Waals surface area (Å²) < 4.78 is 1.15. The van der Waals surface area contributed by atoms with Gasteiger partial charge in [-0.3, -0.25) is 4.90 Å². The van der Waals surface area contributed by atoms with Crippen LogP contribution in [0.2, 0.25) is 0 Å². The fourth-order valence-corrected chi connectivity index (χ4v) is 2.44. The second-order valence-corrected chi connectivity index (χ2v) is 4.73. The second kappa shape index (κ2) is 6.73. The lowest BCUT2D eigenvalue weighted by Crippen LogP contribution is -2.28. The molecule has 1 unspecified atom stereocenters. The van der Waals surface area contributed by atoms with Crippen LogP contribution in [-0.4, -0.2) is 18.0 Å². The number of nitrogens with zero attached hydrogens (tertiary/aromatic N) is 1. The molecule has 86 valence electrons. The number of hydrogen-bond donors (Lipinski definition) is 0. The van der Waals surface area contributed by atoms with Crippen molar-refractivity contribution in [3.8, 4) is 12.3 Å². The van der Waals surface area contributed by atoms with Crippen molar-refractivity contribution >= 4 is 15.9 Å². The summed E-state index contributed by atoms with van der Waals surface area (Å²) in [5.74, 6) is 2.73. The average Bonchev–Trinajstić information content (AvgIpc) is 2.28. The van der Waals surface area contributed by atoms with Gasteiger partial charge in [0, 0.05) is 10.5 Å². The summed E-state index contributed by atoms with van der Waals surface area (Å²) in [6, 6.07) is 8.67. The van der Waals surface area contributed by atoms with E-state index in [2.05, 4.69) is 58.8 Å². The van der Waals surface area contributed by atoms with Gasteiger partial charge in [0.05, 0.1) is 6.54 Å². The van der Waals surface area contributed by atoms with Crippen molar-refractivity contribution in [3.63, 3.8) is 0 Å². The molecule has 0 saturated heterocycles. The first-order chi connectivity index (χ1) is 7.70. The molecule has 0 aromatic heterocycles. The molecule has 0 bridgehead atoms. The summed E-state index contributed by atoms with van der Waals surface area (Å²) in [4.78, 5) is 2.32. The van der Waals surface area contributed by atoms with Gasteiger partial charge < -0.3 is 0 Å². The molecule has 0 heterocycles. The van der Waals surface area contributed by atoms with Crippen molar-refractivity contribution in [2.45, 2.75) is 26.3 Å². The third kappa shape index (κ3) is 3.37. The van der Waals surface area contributed by atoms with Gasteiger partial charge in [-0.15, -0.1) is 6.42 Å². The van der Waals surface area contributed by atoms with Crippen molar-refractivity contribution in [1.29, 1.82) is 0 Å². The van der Waals surface area contributed by atoms with Gasteiger partial charge in [0.25, 0.3) is 0 Å². The Morgan fingerprint density at radius 1 is 1.44 bits per heavy atom. The molecule has 0 spiro atoms. The van der Waals surface area contributed by atoms with E-state index in [-0.39, 0.29) is 0 Å². The quantitative estimate of drug-likeness (QED) is 0.740. The fraction of sp³-hybridized carbons (Fsp3) is 0.429. The molecule has 1 rings (SSSR count). The first kappa shape index (κ1) is 13.3. The van der Waals surface area contributed by atoms with Crippen molar-refractivity contribution in [1.82, 2.24) is 4.90 Å². The molecule has 2 heteroatoms. The molecule has 1 aromatic rings. The molecule has 1 aromatic carbocycles. The third-order valence-electron chi connectivity index (χ3n) is 2.71. The minimum atomic E-state index is 0.353. The summed E-state index contributed by atoms with van der Waals surface area (Å²) in [6.45, 7) is 6.12. The van der Waals surface area contributed by atoms with Crippen molar-refractivity contribution in [2.75, 3.05) is 13.1 Å². The third-order valence-corrected chi connectivity index (χ3v) is 3.43. The Morgan fingerprint density at radius 2 is 2.12 bits per heavy atom. The zero-order valence-electron chi connectivity index (χ0n) is 9.91. The highest BCUT2D eigenvalue weighted by atomic mass is 79.9. The van der Waals surface area contributed by atoms with Gasteiger partial charge >= 0.3 is 0 Å². The lowest BCUT2D eigenvalue weighted by atomic mass is 10.1. The summed E-state index contributed by atoms with van der Waals surface area (Å²) in [5.41, 5.74) is 1.30. The van der Waals surface area contributed by atoms with Crippen LogP contribution in [0.5, 0.6) is 0 Å². The van der Waals surface area contributed by atoms with Crippen molar-refractivity contribution < 1.29 is 0 Å². The first-order valence-electron chi connectivity index (χ1n) is 5.62. The smallest absolute Gasteiger partial charge is 0.0604 e. The van der Waals surface area contributed by atoms with Gasteiger partial charge in [-0.2, -0.15) is 0 Å². The summed E-state index contributed by atoms with van der Waals surface area (Å²) in [7, 11) is 0. The molecule has 1 nitrogen and oxygen atoms in total. The Morgan fingerprint density at radius 3 is 2.69 bits per heavy atom. The number of terminal acetylenes is 1. The molecule has 1 atom stereocenters. The maximum Gasteiger partial charge on any atom is 0.0604 e. The average molecular weight is 280 g/mol. The van der Waals surface area contributed by atoms with Gasteiger partial charge in [0.2, 0.25) is 0 Å². The Hall–Kier alpha value is -0.780. The normalized spacial score (nSPS) is 12.4. The van der Waals surface area contributed by atoms with E-state index in [4.69, 9.17) is 6.42 Å².